The molecule has 1 amide bonds. The molecule has 2 aromatic heterocycles. The maximum atomic E-state index is 12.3. The molecule has 7 heteroatoms. The largest absolute Gasteiger partial charge is 0.361 e. The van der Waals surface area contributed by atoms with Gasteiger partial charge in [-0.05, 0) is 26.7 Å². The van der Waals surface area contributed by atoms with E-state index < -0.39 is 0 Å². The van der Waals surface area contributed by atoms with Crippen LogP contribution >= 0.6 is 0 Å². The molecule has 1 N–H and O–H groups in total. The molecule has 2 aliphatic rings. The van der Waals surface area contributed by atoms with Crippen molar-refractivity contribution in [1.82, 2.24) is 24.9 Å². The monoisotopic (exact) mass is 357 g/mol. The van der Waals surface area contributed by atoms with Crippen molar-refractivity contribution in [3.05, 3.63) is 35.2 Å². The van der Waals surface area contributed by atoms with E-state index in [9.17, 15) is 4.79 Å². The molecule has 0 aromatic carbocycles. The third-order valence-corrected chi connectivity index (χ3v) is 5.51. The zero-order valence-corrected chi connectivity index (χ0v) is 15.6. The predicted molar refractivity (Wildman–Crippen MR) is 96.4 cm³/mol. The number of imidazole rings is 1. The van der Waals surface area contributed by atoms with Crippen LogP contribution in [0, 0.1) is 6.92 Å². The van der Waals surface area contributed by atoms with E-state index in [0.29, 0.717) is 12.5 Å². The van der Waals surface area contributed by atoms with Crippen molar-refractivity contribution in [3.8, 4) is 0 Å². The highest BCUT2D eigenvalue weighted by molar-refractivity contribution is 5.78. The van der Waals surface area contributed by atoms with E-state index in [1.807, 2.05) is 19.2 Å². The quantitative estimate of drug-likeness (QED) is 0.889. The molecular weight excluding hydrogens is 330 g/mol. The molecule has 0 bridgehead atoms. The van der Waals surface area contributed by atoms with Gasteiger partial charge in [-0.1, -0.05) is 18.0 Å². The first-order valence-corrected chi connectivity index (χ1v) is 9.60. The van der Waals surface area contributed by atoms with E-state index in [2.05, 4.69) is 26.9 Å². The molecular formula is C19H27N5O2. The van der Waals surface area contributed by atoms with E-state index in [1.165, 1.54) is 12.8 Å². The van der Waals surface area contributed by atoms with Gasteiger partial charge in [-0.3, -0.25) is 9.69 Å². The third-order valence-electron chi connectivity index (χ3n) is 5.51. The summed E-state index contributed by atoms with van der Waals surface area (Å²) in [6.45, 7) is 6.64. The van der Waals surface area contributed by atoms with Crippen LogP contribution in [-0.2, 0) is 24.3 Å². The van der Waals surface area contributed by atoms with Gasteiger partial charge in [-0.25, -0.2) is 4.98 Å². The molecule has 7 nitrogen and oxygen atoms in total. The number of carbonyl (C=O) groups is 1. The van der Waals surface area contributed by atoms with E-state index in [1.54, 1.807) is 0 Å². The Kier molecular flexibility index (Phi) is 4.80. The SMILES string of the molecule is Cc1cc(CN2CCn3cc(CC(=O)NC4CCCC4)nc3[C@@H]2C)no1. The first-order valence-electron chi connectivity index (χ1n) is 9.60. The smallest absolute Gasteiger partial charge is 0.226 e. The number of hydrogen-bond donors (Lipinski definition) is 1. The van der Waals surface area contributed by atoms with Crippen LogP contribution in [0.3, 0.4) is 0 Å². The highest BCUT2D eigenvalue weighted by atomic mass is 16.5. The summed E-state index contributed by atoms with van der Waals surface area (Å²) in [6, 6.07) is 2.53. The zero-order chi connectivity index (χ0) is 18.1. The second-order valence-electron chi connectivity index (χ2n) is 7.58. The fraction of sp³-hybridized carbons (Fsp3) is 0.632. The number of hydrogen-bond acceptors (Lipinski definition) is 5. The van der Waals surface area contributed by atoms with E-state index in [4.69, 9.17) is 9.51 Å². The van der Waals surface area contributed by atoms with Crippen molar-refractivity contribution in [2.45, 2.75) is 71.1 Å². The summed E-state index contributed by atoms with van der Waals surface area (Å²) >= 11 is 0. The Morgan fingerprint density at radius 3 is 2.85 bits per heavy atom. The minimum atomic E-state index is 0.0925. The van der Waals surface area contributed by atoms with Crippen molar-refractivity contribution >= 4 is 5.91 Å². The molecule has 140 valence electrons. The Morgan fingerprint density at radius 2 is 2.12 bits per heavy atom. The molecule has 1 atom stereocenters. The minimum Gasteiger partial charge on any atom is -0.361 e. The van der Waals surface area contributed by atoms with Gasteiger partial charge >= 0.3 is 0 Å². The molecule has 1 aliphatic carbocycles. The number of aromatic nitrogens is 3. The average Bonchev–Trinajstić information content (AvgIpc) is 3.32. The summed E-state index contributed by atoms with van der Waals surface area (Å²) < 4.78 is 7.36. The van der Waals surface area contributed by atoms with Gasteiger partial charge in [0.1, 0.15) is 11.6 Å². The molecule has 1 aliphatic heterocycles. The maximum Gasteiger partial charge on any atom is 0.226 e. The first-order chi connectivity index (χ1) is 12.6. The fourth-order valence-electron chi connectivity index (χ4n) is 4.11. The fourth-order valence-corrected chi connectivity index (χ4v) is 4.11. The van der Waals surface area contributed by atoms with Gasteiger partial charge in [-0.15, -0.1) is 0 Å². The van der Waals surface area contributed by atoms with Crippen LogP contribution in [0.1, 0.15) is 61.6 Å². The molecule has 1 saturated carbocycles. The van der Waals surface area contributed by atoms with Crippen LogP contribution in [0.25, 0.3) is 0 Å². The first kappa shape index (κ1) is 17.3. The van der Waals surface area contributed by atoms with Crippen molar-refractivity contribution < 1.29 is 9.32 Å². The summed E-state index contributed by atoms with van der Waals surface area (Å²) in [7, 11) is 0. The summed E-state index contributed by atoms with van der Waals surface area (Å²) in [6.07, 6.45) is 7.07. The summed E-state index contributed by atoms with van der Waals surface area (Å²) in [5.74, 6) is 1.96. The third kappa shape index (κ3) is 3.67. The number of fused-ring (bicyclic) bond motifs is 1. The summed E-state index contributed by atoms with van der Waals surface area (Å²) in [4.78, 5) is 19.4. The maximum absolute atomic E-state index is 12.3. The van der Waals surface area contributed by atoms with Crippen molar-refractivity contribution in [3.63, 3.8) is 0 Å². The summed E-state index contributed by atoms with van der Waals surface area (Å²) in [5, 5.41) is 7.24. The number of nitrogens with zero attached hydrogens (tertiary/aromatic N) is 4. The van der Waals surface area contributed by atoms with Crippen molar-refractivity contribution in [2.24, 2.45) is 0 Å². The van der Waals surface area contributed by atoms with Crippen molar-refractivity contribution in [1.29, 1.82) is 0 Å². The Hall–Kier alpha value is -2.15. The van der Waals surface area contributed by atoms with Gasteiger partial charge in [0.2, 0.25) is 5.91 Å². The number of rotatable bonds is 5. The second kappa shape index (κ2) is 7.23. The lowest BCUT2D eigenvalue weighted by atomic mass is 10.2. The number of carbonyl (C=O) groups excluding carboxylic acids is 1. The molecule has 3 heterocycles. The van der Waals surface area contributed by atoms with Gasteiger partial charge in [0.25, 0.3) is 0 Å². The van der Waals surface area contributed by atoms with Crippen LogP contribution < -0.4 is 5.32 Å². The van der Waals surface area contributed by atoms with Crippen LogP contribution in [-0.4, -0.2) is 38.1 Å². The molecule has 0 spiro atoms. The van der Waals surface area contributed by atoms with Crippen LogP contribution in [0.4, 0.5) is 0 Å². The Labute approximate surface area is 153 Å². The van der Waals surface area contributed by atoms with Crippen LogP contribution in [0.5, 0.6) is 0 Å². The zero-order valence-electron chi connectivity index (χ0n) is 15.6. The van der Waals surface area contributed by atoms with E-state index >= 15 is 0 Å². The van der Waals surface area contributed by atoms with E-state index in [0.717, 1.165) is 55.4 Å². The molecule has 1 fully saturated rings. The van der Waals surface area contributed by atoms with Gasteiger partial charge in [0.15, 0.2) is 0 Å². The van der Waals surface area contributed by atoms with Gasteiger partial charge < -0.3 is 14.4 Å². The van der Waals surface area contributed by atoms with Crippen molar-refractivity contribution in [2.75, 3.05) is 6.54 Å². The Balaban J connectivity index is 1.39. The second-order valence-corrected chi connectivity index (χ2v) is 7.58. The normalized spacial score (nSPS) is 21.1. The Morgan fingerprint density at radius 1 is 1.31 bits per heavy atom. The summed E-state index contributed by atoms with van der Waals surface area (Å²) in [5.41, 5.74) is 1.81. The van der Waals surface area contributed by atoms with Gasteiger partial charge in [0, 0.05) is 37.9 Å². The molecule has 26 heavy (non-hydrogen) atoms. The van der Waals surface area contributed by atoms with E-state index in [-0.39, 0.29) is 11.9 Å². The molecule has 4 rings (SSSR count). The lowest BCUT2D eigenvalue weighted by Gasteiger charge is -2.32. The highest BCUT2D eigenvalue weighted by Crippen LogP contribution is 2.26. The Bertz CT molecular complexity index is 775. The number of nitrogens with one attached hydrogen (secondary N) is 1. The minimum absolute atomic E-state index is 0.0925. The molecule has 2 aromatic rings. The number of amides is 1. The molecule has 0 saturated heterocycles. The lowest BCUT2D eigenvalue weighted by molar-refractivity contribution is -0.121. The lowest BCUT2D eigenvalue weighted by Crippen LogP contribution is -2.36. The van der Waals surface area contributed by atoms with Crippen LogP contribution in [0.15, 0.2) is 16.8 Å². The predicted octanol–water partition coefficient (Wildman–Crippen LogP) is 2.36. The standard InChI is InChI=1S/C19H27N5O2/c1-13-9-17(22-26-13)12-23-7-8-24-11-16(21-19(24)14(23)2)10-18(25)20-15-5-3-4-6-15/h9,11,14-15H,3-8,10,12H2,1-2H3,(H,20,25)/t14-/m0/s1. The molecule has 0 unspecified atom stereocenters. The number of aryl methyl sites for hydroxylation is 1. The topological polar surface area (TPSA) is 76.2 Å². The van der Waals surface area contributed by atoms with Crippen LogP contribution in [0.2, 0.25) is 0 Å². The van der Waals surface area contributed by atoms with Gasteiger partial charge in [0.05, 0.1) is 23.9 Å². The van der Waals surface area contributed by atoms with Gasteiger partial charge in [-0.2, -0.15) is 0 Å². The average molecular weight is 357 g/mol. The highest BCUT2D eigenvalue weighted by Gasteiger charge is 2.27. The molecule has 0 radical (unpaired) electrons.